The summed E-state index contributed by atoms with van der Waals surface area (Å²) in [7, 11) is 3.28. The molecule has 0 spiro atoms. The van der Waals surface area contributed by atoms with Crippen LogP contribution in [0.25, 0.3) is 11.3 Å². The standard InChI is InChI=1S/C19H17F3N2OS/c1-23-10-12-11-24(26-15-5-3-4-13(20)8-15)18(19(12)25-2)16-7-6-14(21)9-17(16)22/h3-9,11,23H,10H2,1-2H3. The molecular formula is C19H17F3N2OS. The van der Waals surface area contributed by atoms with E-state index in [9.17, 15) is 13.2 Å². The highest BCUT2D eigenvalue weighted by Crippen LogP contribution is 2.40. The first-order chi connectivity index (χ1) is 12.5. The molecule has 3 nitrogen and oxygen atoms in total. The summed E-state index contributed by atoms with van der Waals surface area (Å²) in [6.07, 6.45) is 1.79. The summed E-state index contributed by atoms with van der Waals surface area (Å²) >= 11 is 1.22. The minimum absolute atomic E-state index is 0.203. The first kappa shape index (κ1) is 18.4. The molecule has 0 bridgehead atoms. The zero-order valence-electron chi connectivity index (χ0n) is 14.2. The second-order valence-corrected chi connectivity index (χ2v) is 6.61. The molecule has 2 aromatic carbocycles. The minimum Gasteiger partial charge on any atom is -0.494 e. The van der Waals surface area contributed by atoms with Gasteiger partial charge in [0.05, 0.1) is 7.11 Å². The van der Waals surface area contributed by atoms with E-state index in [0.717, 1.165) is 11.6 Å². The van der Waals surface area contributed by atoms with E-state index in [1.165, 1.54) is 43.3 Å². The second kappa shape index (κ2) is 7.88. The predicted molar refractivity (Wildman–Crippen MR) is 96.8 cm³/mol. The summed E-state index contributed by atoms with van der Waals surface area (Å²) in [6.45, 7) is 0.496. The molecule has 0 radical (unpaired) electrons. The molecule has 0 aliphatic heterocycles. The van der Waals surface area contributed by atoms with Crippen molar-refractivity contribution in [1.29, 1.82) is 0 Å². The van der Waals surface area contributed by atoms with Gasteiger partial charge in [-0.1, -0.05) is 6.07 Å². The number of nitrogens with zero attached hydrogens (tertiary/aromatic N) is 1. The predicted octanol–water partition coefficient (Wildman–Crippen LogP) is 4.86. The van der Waals surface area contributed by atoms with Crippen molar-refractivity contribution >= 4 is 11.9 Å². The summed E-state index contributed by atoms with van der Waals surface area (Å²) in [5.41, 5.74) is 1.46. The van der Waals surface area contributed by atoms with Crippen LogP contribution >= 0.6 is 11.9 Å². The van der Waals surface area contributed by atoms with E-state index in [1.807, 2.05) is 0 Å². The molecule has 0 aliphatic rings. The monoisotopic (exact) mass is 378 g/mol. The molecule has 3 aromatic rings. The van der Waals surface area contributed by atoms with Gasteiger partial charge in [-0.15, -0.1) is 0 Å². The van der Waals surface area contributed by atoms with Crippen LogP contribution < -0.4 is 10.1 Å². The Labute approximate surface area is 153 Å². The second-order valence-electron chi connectivity index (χ2n) is 5.57. The lowest BCUT2D eigenvalue weighted by molar-refractivity contribution is 0.411. The van der Waals surface area contributed by atoms with Gasteiger partial charge in [-0.05, 0) is 49.3 Å². The maximum Gasteiger partial charge on any atom is 0.150 e. The Hall–Kier alpha value is -2.38. The molecule has 0 saturated heterocycles. The molecule has 0 saturated carbocycles. The molecule has 0 aliphatic carbocycles. The highest BCUT2D eigenvalue weighted by molar-refractivity contribution is 7.98. The lowest BCUT2D eigenvalue weighted by atomic mass is 10.1. The van der Waals surface area contributed by atoms with Crippen LogP contribution in [-0.4, -0.2) is 18.1 Å². The van der Waals surface area contributed by atoms with Crippen LogP contribution in [0.1, 0.15) is 5.56 Å². The Morgan fingerprint density at radius 2 is 1.85 bits per heavy atom. The molecule has 136 valence electrons. The van der Waals surface area contributed by atoms with Crippen molar-refractivity contribution in [2.45, 2.75) is 11.4 Å². The number of methoxy groups -OCH3 is 1. The zero-order valence-corrected chi connectivity index (χ0v) is 15.0. The van der Waals surface area contributed by atoms with E-state index in [0.29, 0.717) is 22.9 Å². The van der Waals surface area contributed by atoms with Gasteiger partial charge < -0.3 is 10.1 Å². The van der Waals surface area contributed by atoms with E-state index in [1.54, 1.807) is 29.3 Å². The molecule has 0 fully saturated rings. The summed E-state index contributed by atoms with van der Waals surface area (Å²) in [6, 6.07) is 9.49. The van der Waals surface area contributed by atoms with Crippen molar-refractivity contribution in [3.63, 3.8) is 0 Å². The first-order valence-electron chi connectivity index (χ1n) is 7.85. The number of hydrogen-bond donors (Lipinski definition) is 1. The first-order valence-corrected chi connectivity index (χ1v) is 8.63. The molecule has 26 heavy (non-hydrogen) atoms. The third kappa shape index (κ3) is 3.73. The van der Waals surface area contributed by atoms with E-state index in [2.05, 4.69) is 5.32 Å². The molecule has 0 atom stereocenters. The van der Waals surface area contributed by atoms with Gasteiger partial charge in [0.25, 0.3) is 0 Å². The number of nitrogens with one attached hydrogen (secondary N) is 1. The van der Waals surface area contributed by atoms with Gasteiger partial charge in [0, 0.05) is 34.8 Å². The van der Waals surface area contributed by atoms with Crippen LogP contribution in [0.3, 0.4) is 0 Å². The summed E-state index contributed by atoms with van der Waals surface area (Å²) < 4.78 is 48.5. The van der Waals surface area contributed by atoms with Crippen molar-refractivity contribution in [1.82, 2.24) is 9.29 Å². The molecule has 1 aromatic heterocycles. The van der Waals surface area contributed by atoms with Crippen LogP contribution in [0.2, 0.25) is 0 Å². The van der Waals surface area contributed by atoms with Crippen molar-refractivity contribution < 1.29 is 17.9 Å². The Kier molecular flexibility index (Phi) is 5.58. The normalized spacial score (nSPS) is 11.0. The van der Waals surface area contributed by atoms with Crippen molar-refractivity contribution in [3.8, 4) is 17.0 Å². The van der Waals surface area contributed by atoms with E-state index in [4.69, 9.17) is 4.74 Å². The van der Waals surface area contributed by atoms with Gasteiger partial charge in [-0.3, -0.25) is 3.97 Å². The number of benzene rings is 2. The van der Waals surface area contributed by atoms with Crippen molar-refractivity contribution in [3.05, 3.63) is 71.7 Å². The van der Waals surface area contributed by atoms with Crippen LogP contribution in [0.5, 0.6) is 5.75 Å². The summed E-state index contributed by atoms with van der Waals surface area (Å²) in [5.74, 6) is -1.23. The number of ether oxygens (including phenoxy) is 1. The Morgan fingerprint density at radius 3 is 2.50 bits per heavy atom. The molecule has 3 rings (SSSR count). The third-order valence-corrected chi connectivity index (χ3v) is 4.71. The Balaban J connectivity index is 2.16. The van der Waals surface area contributed by atoms with E-state index >= 15 is 0 Å². The third-order valence-electron chi connectivity index (χ3n) is 3.76. The largest absolute Gasteiger partial charge is 0.494 e. The molecule has 1 heterocycles. The fourth-order valence-electron chi connectivity index (χ4n) is 2.69. The van der Waals surface area contributed by atoms with E-state index < -0.39 is 11.6 Å². The Bertz CT molecular complexity index is 927. The van der Waals surface area contributed by atoms with Gasteiger partial charge in [0.15, 0.2) is 0 Å². The van der Waals surface area contributed by atoms with E-state index in [-0.39, 0.29) is 11.4 Å². The smallest absolute Gasteiger partial charge is 0.150 e. The molecule has 1 N–H and O–H groups in total. The highest BCUT2D eigenvalue weighted by atomic mass is 32.2. The van der Waals surface area contributed by atoms with Crippen molar-refractivity contribution in [2.24, 2.45) is 0 Å². The average molecular weight is 378 g/mol. The number of aromatic nitrogens is 1. The summed E-state index contributed by atoms with van der Waals surface area (Å²) in [4.78, 5) is 0.641. The van der Waals surface area contributed by atoms with Gasteiger partial charge in [-0.2, -0.15) is 0 Å². The number of halogens is 3. The minimum atomic E-state index is -0.696. The molecule has 0 amide bonds. The van der Waals surface area contributed by atoms with Gasteiger partial charge >= 0.3 is 0 Å². The fourth-order valence-corrected chi connectivity index (χ4v) is 3.68. The molecule has 7 heteroatoms. The van der Waals surface area contributed by atoms with Gasteiger partial charge in [0.1, 0.15) is 28.9 Å². The van der Waals surface area contributed by atoms with Crippen molar-refractivity contribution in [2.75, 3.05) is 14.2 Å². The molecule has 0 unspecified atom stereocenters. The molecular weight excluding hydrogens is 361 g/mol. The topological polar surface area (TPSA) is 26.2 Å². The van der Waals surface area contributed by atoms with Crippen LogP contribution in [0.15, 0.2) is 53.6 Å². The fraction of sp³-hybridized carbons (Fsp3) is 0.158. The van der Waals surface area contributed by atoms with Gasteiger partial charge in [-0.25, -0.2) is 13.2 Å². The lowest BCUT2D eigenvalue weighted by Gasteiger charge is -2.11. The van der Waals surface area contributed by atoms with Crippen LogP contribution in [0, 0.1) is 17.5 Å². The maximum absolute atomic E-state index is 14.4. The highest BCUT2D eigenvalue weighted by Gasteiger charge is 2.22. The zero-order chi connectivity index (χ0) is 18.7. The maximum atomic E-state index is 14.4. The summed E-state index contributed by atoms with van der Waals surface area (Å²) in [5, 5.41) is 3.03. The quantitative estimate of drug-likeness (QED) is 0.664. The number of rotatable bonds is 6. The Morgan fingerprint density at radius 1 is 1.08 bits per heavy atom. The van der Waals surface area contributed by atoms with Crippen LogP contribution in [-0.2, 0) is 6.54 Å². The average Bonchev–Trinajstić information content (AvgIpc) is 2.92. The van der Waals surface area contributed by atoms with Crippen LogP contribution in [0.4, 0.5) is 13.2 Å². The lowest BCUT2D eigenvalue weighted by Crippen LogP contribution is -2.05. The SMILES string of the molecule is CNCc1cn(Sc2cccc(F)c2)c(-c2ccc(F)cc2F)c1OC. The number of hydrogen-bond acceptors (Lipinski definition) is 3. The van der Waals surface area contributed by atoms with Gasteiger partial charge in [0.2, 0.25) is 0 Å².